The Bertz CT molecular complexity index is 1250. The lowest BCUT2D eigenvalue weighted by Crippen LogP contribution is -2.03. The standard InChI is InChI=1S/C28H27FN2O/c1-19-8-10-23(11-9-19)18-32-30-21(3)27-17-28(24-12-14-25(29)15-13-24)31(22(27)4)26-7-5-6-20(2)16-26/h5-17H,18H2,1-4H3. The van der Waals surface area contributed by atoms with Gasteiger partial charge in [0.15, 0.2) is 0 Å². The van der Waals surface area contributed by atoms with Gasteiger partial charge in [0.1, 0.15) is 12.4 Å². The molecule has 4 heteroatoms. The quantitative estimate of drug-likeness (QED) is 0.237. The highest BCUT2D eigenvalue weighted by molar-refractivity contribution is 6.01. The van der Waals surface area contributed by atoms with Crippen LogP contribution >= 0.6 is 0 Å². The third-order valence-corrected chi connectivity index (χ3v) is 5.59. The lowest BCUT2D eigenvalue weighted by atomic mass is 10.1. The monoisotopic (exact) mass is 426 g/mol. The van der Waals surface area contributed by atoms with Crippen molar-refractivity contribution in [3.05, 3.63) is 113 Å². The fourth-order valence-corrected chi connectivity index (χ4v) is 3.84. The summed E-state index contributed by atoms with van der Waals surface area (Å²) in [5.74, 6) is -0.249. The average molecular weight is 427 g/mol. The van der Waals surface area contributed by atoms with Crippen LogP contribution in [0.2, 0.25) is 0 Å². The van der Waals surface area contributed by atoms with Gasteiger partial charge in [-0.3, -0.25) is 0 Å². The van der Waals surface area contributed by atoms with E-state index in [0.717, 1.165) is 39.5 Å². The van der Waals surface area contributed by atoms with Gasteiger partial charge in [-0.2, -0.15) is 0 Å². The van der Waals surface area contributed by atoms with Crippen molar-refractivity contribution in [1.82, 2.24) is 4.57 Å². The molecule has 162 valence electrons. The zero-order valence-corrected chi connectivity index (χ0v) is 18.9. The zero-order valence-electron chi connectivity index (χ0n) is 18.9. The highest BCUT2D eigenvalue weighted by Gasteiger charge is 2.17. The SMILES string of the molecule is CC(=NOCc1ccc(C)cc1)c1cc(-c2ccc(F)cc2)n(-c2cccc(C)c2)c1C. The lowest BCUT2D eigenvalue weighted by molar-refractivity contribution is 0.130. The maximum Gasteiger partial charge on any atom is 0.142 e. The van der Waals surface area contributed by atoms with Crippen molar-refractivity contribution in [1.29, 1.82) is 0 Å². The molecule has 32 heavy (non-hydrogen) atoms. The number of aromatic nitrogens is 1. The van der Waals surface area contributed by atoms with Crippen molar-refractivity contribution in [2.24, 2.45) is 5.16 Å². The Hall–Kier alpha value is -3.66. The summed E-state index contributed by atoms with van der Waals surface area (Å²) in [6.07, 6.45) is 0. The molecule has 4 rings (SSSR count). The van der Waals surface area contributed by atoms with Crippen molar-refractivity contribution >= 4 is 5.71 Å². The summed E-state index contributed by atoms with van der Waals surface area (Å²) >= 11 is 0. The van der Waals surface area contributed by atoms with E-state index in [0.29, 0.717) is 6.61 Å². The summed E-state index contributed by atoms with van der Waals surface area (Å²) in [6.45, 7) is 8.58. The van der Waals surface area contributed by atoms with Crippen molar-refractivity contribution < 1.29 is 9.23 Å². The maximum absolute atomic E-state index is 13.6. The molecule has 0 saturated carbocycles. The highest BCUT2D eigenvalue weighted by atomic mass is 19.1. The van der Waals surface area contributed by atoms with Gasteiger partial charge in [0.2, 0.25) is 0 Å². The Morgan fingerprint density at radius 2 is 1.59 bits per heavy atom. The summed E-state index contributed by atoms with van der Waals surface area (Å²) in [4.78, 5) is 5.66. The van der Waals surface area contributed by atoms with Crippen LogP contribution in [0, 0.1) is 26.6 Å². The number of hydrogen-bond donors (Lipinski definition) is 0. The molecule has 3 aromatic carbocycles. The minimum atomic E-state index is -0.249. The van der Waals surface area contributed by atoms with Crippen LogP contribution in [-0.4, -0.2) is 10.3 Å². The lowest BCUT2D eigenvalue weighted by Gasteiger charge is -2.13. The molecule has 1 heterocycles. The Balaban J connectivity index is 1.71. The van der Waals surface area contributed by atoms with E-state index in [-0.39, 0.29) is 5.82 Å². The van der Waals surface area contributed by atoms with E-state index >= 15 is 0 Å². The molecule has 0 atom stereocenters. The largest absolute Gasteiger partial charge is 0.391 e. The van der Waals surface area contributed by atoms with Gasteiger partial charge < -0.3 is 9.40 Å². The second-order valence-electron chi connectivity index (χ2n) is 8.15. The van der Waals surface area contributed by atoms with Crippen LogP contribution in [0.5, 0.6) is 0 Å². The summed E-state index contributed by atoms with van der Waals surface area (Å²) in [5, 5.41) is 4.39. The van der Waals surface area contributed by atoms with Gasteiger partial charge in [-0.25, -0.2) is 4.39 Å². The summed E-state index contributed by atoms with van der Waals surface area (Å²) in [5.41, 5.74) is 9.29. The minimum absolute atomic E-state index is 0.249. The first kappa shape index (κ1) is 21.6. The molecule has 0 aliphatic carbocycles. The number of oxime groups is 1. The van der Waals surface area contributed by atoms with E-state index in [1.807, 2.05) is 25.1 Å². The smallest absolute Gasteiger partial charge is 0.142 e. The third kappa shape index (κ3) is 4.65. The van der Waals surface area contributed by atoms with Gasteiger partial charge >= 0.3 is 0 Å². The van der Waals surface area contributed by atoms with E-state index in [9.17, 15) is 4.39 Å². The van der Waals surface area contributed by atoms with Crippen LogP contribution in [-0.2, 0) is 11.4 Å². The van der Waals surface area contributed by atoms with Gasteiger partial charge in [0.25, 0.3) is 0 Å². The Kier molecular flexibility index (Phi) is 6.22. The van der Waals surface area contributed by atoms with Crippen LogP contribution in [0.25, 0.3) is 16.9 Å². The summed E-state index contributed by atoms with van der Waals surface area (Å²) in [6, 6.07) is 25.3. The Morgan fingerprint density at radius 3 is 2.28 bits per heavy atom. The molecule has 0 aliphatic rings. The second-order valence-corrected chi connectivity index (χ2v) is 8.15. The van der Waals surface area contributed by atoms with Gasteiger partial charge in [-0.05, 0) is 86.8 Å². The van der Waals surface area contributed by atoms with Crippen LogP contribution in [0.1, 0.15) is 34.9 Å². The fourth-order valence-electron chi connectivity index (χ4n) is 3.84. The van der Waals surface area contributed by atoms with Crippen molar-refractivity contribution in [2.45, 2.75) is 34.3 Å². The minimum Gasteiger partial charge on any atom is -0.391 e. The molecule has 0 aliphatic heterocycles. The third-order valence-electron chi connectivity index (χ3n) is 5.59. The van der Waals surface area contributed by atoms with E-state index < -0.39 is 0 Å². The van der Waals surface area contributed by atoms with Gasteiger partial charge in [-0.15, -0.1) is 0 Å². The van der Waals surface area contributed by atoms with Gasteiger partial charge in [0.05, 0.1) is 11.4 Å². The zero-order chi connectivity index (χ0) is 22.7. The molecule has 0 unspecified atom stereocenters. The number of halogens is 1. The summed E-state index contributed by atoms with van der Waals surface area (Å²) in [7, 11) is 0. The summed E-state index contributed by atoms with van der Waals surface area (Å²) < 4.78 is 15.7. The molecule has 0 amide bonds. The topological polar surface area (TPSA) is 26.5 Å². The first-order valence-corrected chi connectivity index (χ1v) is 10.7. The Morgan fingerprint density at radius 1 is 0.875 bits per heavy atom. The fraction of sp³-hybridized carbons (Fsp3) is 0.179. The average Bonchev–Trinajstić information content (AvgIpc) is 3.13. The first-order chi connectivity index (χ1) is 15.4. The molecule has 0 N–H and O–H groups in total. The maximum atomic E-state index is 13.6. The molecule has 1 aromatic heterocycles. The number of benzene rings is 3. The number of aryl methyl sites for hydroxylation is 2. The molecule has 3 nitrogen and oxygen atoms in total. The van der Waals surface area contributed by atoms with E-state index in [1.54, 1.807) is 12.1 Å². The van der Waals surface area contributed by atoms with E-state index in [2.05, 4.69) is 66.9 Å². The second kappa shape index (κ2) is 9.23. The predicted molar refractivity (Wildman–Crippen MR) is 129 cm³/mol. The number of nitrogens with zero attached hydrogens (tertiary/aromatic N) is 2. The van der Waals surface area contributed by atoms with E-state index in [1.165, 1.54) is 23.3 Å². The molecule has 0 spiro atoms. The predicted octanol–water partition coefficient (Wildman–Crippen LogP) is 7.15. The molecule has 0 radical (unpaired) electrons. The molecule has 0 saturated heterocycles. The van der Waals surface area contributed by atoms with Crippen molar-refractivity contribution in [3.8, 4) is 16.9 Å². The van der Waals surface area contributed by atoms with Crippen LogP contribution < -0.4 is 0 Å². The molecule has 0 bridgehead atoms. The van der Waals surface area contributed by atoms with Crippen LogP contribution in [0.3, 0.4) is 0 Å². The van der Waals surface area contributed by atoms with Gasteiger partial charge in [0, 0.05) is 16.9 Å². The van der Waals surface area contributed by atoms with Crippen molar-refractivity contribution in [2.75, 3.05) is 0 Å². The molecule has 0 fully saturated rings. The number of rotatable bonds is 6. The highest BCUT2D eigenvalue weighted by Crippen LogP contribution is 2.30. The molecule has 4 aromatic rings. The first-order valence-electron chi connectivity index (χ1n) is 10.7. The van der Waals surface area contributed by atoms with Crippen molar-refractivity contribution in [3.63, 3.8) is 0 Å². The van der Waals surface area contributed by atoms with Crippen LogP contribution in [0.15, 0.2) is 84.0 Å². The molecular formula is C28H27FN2O. The molecular weight excluding hydrogens is 399 g/mol. The normalized spacial score (nSPS) is 11.6. The number of hydrogen-bond acceptors (Lipinski definition) is 2. The van der Waals surface area contributed by atoms with Crippen LogP contribution in [0.4, 0.5) is 4.39 Å². The Labute approximate surface area is 188 Å². The van der Waals surface area contributed by atoms with E-state index in [4.69, 9.17) is 4.84 Å². The van der Waals surface area contributed by atoms with Gasteiger partial charge in [-0.1, -0.05) is 47.1 Å².